The fourth-order valence-electron chi connectivity index (χ4n) is 2.29. The van der Waals surface area contributed by atoms with Gasteiger partial charge in [-0.3, -0.25) is 9.69 Å². The normalized spacial score (nSPS) is 18.9. The van der Waals surface area contributed by atoms with Crippen molar-refractivity contribution in [2.75, 3.05) is 13.1 Å². The molecule has 1 aliphatic heterocycles. The van der Waals surface area contributed by atoms with E-state index in [-0.39, 0.29) is 5.91 Å². The van der Waals surface area contributed by atoms with Crippen LogP contribution in [0.25, 0.3) is 0 Å². The second-order valence-corrected chi connectivity index (χ2v) is 5.20. The van der Waals surface area contributed by atoms with Crippen LogP contribution in [0.1, 0.15) is 29.8 Å². The van der Waals surface area contributed by atoms with Gasteiger partial charge < -0.3 is 10.4 Å². The molecule has 1 saturated heterocycles. The standard InChI is InChI=1S/C14H18N2O3/c1-14(2)13(19)15-7-8-16(14)9-10-5-3-4-6-11(10)12(17)18/h3-6H,7-9H2,1-2H3,(H,15,19)(H,17,18). The Morgan fingerprint density at radius 2 is 2.11 bits per heavy atom. The van der Waals surface area contributed by atoms with E-state index >= 15 is 0 Å². The molecule has 1 fully saturated rings. The van der Waals surface area contributed by atoms with Crippen LogP contribution in [0, 0.1) is 0 Å². The number of hydrogen-bond acceptors (Lipinski definition) is 3. The van der Waals surface area contributed by atoms with Gasteiger partial charge in [0.1, 0.15) is 0 Å². The zero-order chi connectivity index (χ0) is 14.0. The Kier molecular flexibility index (Phi) is 3.57. The Morgan fingerprint density at radius 3 is 2.79 bits per heavy atom. The average Bonchev–Trinajstić information content (AvgIpc) is 2.36. The van der Waals surface area contributed by atoms with E-state index < -0.39 is 11.5 Å². The van der Waals surface area contributed by atoms with Crippen molar-refractivity contribution in [1.82, 2.24) is 10.2 Å². The minimum atomic E-state index is -0.935. The van der Waals surface area contributed by atoms with Crippen molar-refractivity contribution in [1.29, 1.82) is 0 Å². The molecule has 1 aromatic rings. The molecule has 0 spiro atoms. The highest BCUT2D eigenvalue weighted by atomic mass is 16.4. The van der Waals surface area contributed by atoms with Gasteiger partial charge in [0.05, 0.1) is 11.1 Å². The van der Waals surface area contributed by atoms with E-state index in [1.54, 1.807) is 18.2 Å². The number of carbonyl (C=O) groups excluding carboxylic acids is 1. The first-order chi connectivity index (χ1) is 8.93. The number of carboxylic acid groups (broad SMARTS) is 1. The zero-order valence-electron chi connectivity index (χ0n) is 11.1. The van der Waals surface area contributed by atoms with Crippen molar-refractivity contribution in [2.45, 2.75) is 25.9 Å². The fraction of sp³-hybridized carbons (Fsp3) is 0.429. The third-order valence-corrected chi connectivity index (χ3v) is 3.62. The largest absolute Gasteiger partial charge is 0.478 e. The second kappa shape index (κ2) is 5.01. The van der Waals surface area contributed by atoms with Crippen LogP contribution < -0.4 is 5.32 Å². The monoisotopic (exact) mass is 262 g/mol. The Morgan fingerprint density at radius 1 is 1.42 bits per heavy atom. The van der Waals surface area contributed by atoms with Crippen LogP contribution in [0.2, 0.25) is 0 Å². The molecular formula is C14H18N2O3. The maximum atomic E-state index is 11.9. The third kappa shape index (κ3) is 2.61. The molecule has 5 heteroatoms. The van der Waals surface area contributed by atoms with E-state index in [9.17, 15) is 14.7 Å². The predicted molar refractivity (Wildman–Crippen MR) is 70.9 cm³/mol. The zero-order valence-corrected chi connectivity index (χ0v) is 11.1. The van der Waals surface area contributed by atoms with Gasteiger partial charge in [-0.1, -0.05) is 18.2 Å². The summed E-state index contributed by atoms with van der Waals surface area (Å²) in [5, 5.41) is 12.0. The molecule has 1 aliphatic rings. The fourth-order valence-corrected chi connectivity index (χ4v) is 2.29. The predicted octanol–water partition coefficient (Wildman–Crippen LogP) is 1.10. The van der Waals surface area contributed by atoms with Crippen molar-refractivity contribution in [3.63, 3.8) is 0 Å². The number of nitrogens with one attached hydrogen (secondary N) is 1. The number of amides is 1. The quantitative estimate of drug-likeness (QED) is 0.855. The van der Waals surface area contributed by atoms with Gasteiger partial charge in [-0.15, -0.1) is 0 Å². The maximum absolute atomic E-state index is 11.9. The molecule has 0 radical (unpaired) electrons. The first-order valence-electron chi connectivity index (χ1n) is 6.27. The van der Waals surface area contributed by atoms with Gasteiger partial charge in [-0.25, -0.2) is 4.79 Å². The Bertz CT molecular complexity index is 511. The summed E-state index contributed by atoms with van der Waals surface area (Å²) in [5.74, 6) is -0.957. The van der Waals surface area contributed by atoms with Crippen LogP contribution in [0.3, 0.4) is 0 Å². The number of carboxylic acids is 1. The number of carbonyl (C=O) groups is 2. The third-order valence-electron chi connectivity index (χ3n) is 3.62. The number of aromatic carboxylic acids is 1. The van der Waals surface area contributed by atoms with Crippen LogP contribution in [0.15, 0.2) is 24.3 Å². The minimum Gasteiger partial charge on any atom is -0.478 e. The van der Waals surface area contributed by atoms with Crippen molar-refractivity contribution < 1.29 is 14.7 Å². The van der Waals surface area contributed by atoms with E-state index in [2.05, 4.69) is 5.32 Å². The van der Waals surface area contributed by atoms with Crippen LogP contribution in [-0.2, 0) is 11.3 Å². The number of piperazine rings is 1. The molecule has 0 bridgehead atoms. The lowest BCUT2D eigenvalue weighted by Crippen LogP contribution is -2.61. The number of hydrogen-bond donors (Lipinski definition) is 2. The molecule has 0 saturated carbocycles. The first-order valence-corrected chi connectivity index (χ1v) is 6.27. The number of rotatable bonds is 3. The van der Waals surface area contributed by atoms with Crippen LogP contribution in [0.4, 0.5) is 0 Å². The summed E-state index contributed by atoms with van der Waals surface area (Å²) in [5.41, 5.74) is 0.409. The summed E-state index contributed by atoms with van der Waals surface area (Å²) in [6, 6.07) is 6.92. The summed E-state index contributed by atoms with van der Waals surface area (Å²) < 4.78 is 0. The molecule has 0 aliphatic carbocycles. The van der Waals surface area contributed by atoms with E-state index in [1.165, 1.54) is 0 Å². The molecule has 0 aromatic heterocycles. The number of nitrogens with zero attached hydrogens (tertiary/aromatic N) is 1. The lowest BCUT2D eigenvalue weighted by Gasteiger charge is -2.41. The minimum absolute atomic E-state index is 0.0217. The molecule has 5 nitrogen and oxygen atoms in total. The van der Waals surface area contributed by atoms with Gasteiger partial charge in [-0.2, -0.15) is 0 Å². The molecule has 2 N–H and O–H groups in total. The molecule has 1 heterocycles. The van der Waals surface area contributed by atoms with Gasteiger partial charge in [-0.05, 0) is 25.5 Å². The van der Waals surface area contributed by atoms with E-state index in [0.717, 1.165) is 5.56 Å². The molecule has 0 atom stereocenters. The smallest absolute Gasteiger partial charge is 0.336 e. The highest BCUT2D eigenvalue weighted by molar-refractivity contribution is 5.89. The van der Waals surface area contributed by atoms with Crippen LogP contribution in [-0.4, -0.2) is 40.5 Å². The lowest BCUT2D eigenvalue weighted by atomic mass is 9.97. The van der Waals surface area contributed by atoms with Gasteiger partial charge in [0.2, 0.25) is 5.91 Å². The highest BCUT2D eigenvalue weighted by Crippen LogP contribution is 2.22. The van der Waals surface area contributed by atoms with Crippen molar-refractivity contribution >= 4 is 11.9 Å². The lowest BCUT2D eigenvalue weighted by molar-refractivity contribution is -0.135. The van der Waals surface area contributed by atoms with E-state index in [0.29, 0.717) is 25.2 Å². The van der Waals surface area contributed by atoms with Gasteiger partial charge in [0.15, 0.2) is 0 Å². The molecule has 19 heavy (non-hydrogen) atoms. The summed E-state index contributed by atoms with van der Waals surface area (Å²) in [6.07, 6.45) is 0. The van der Waals surface area contributed by atoms with E-state index in [4.69, 9.17) is 0 Å². The summed E-state index contributed by atoms with van der Waals surface area (Å²) in [6.45, 7) is 5.48. The van der Waals surface area contributed by atoms with E-state index in [1.807, 2.05) is 24.8 Å². The van der Waals surface area contributed by atoms with Gasteiger partial charge in [0, 0.05) is 19.6 Å². The Balaban J connectivity index is 2.26. The van der Waals surface area contributed by atoms with Crippen LogP contribution >= 0.6 is 0 Å². The first kappa shape index (κ1) is 13.5. The van der Waals surface area contributed by atoms with Gasteiger partial charge in [0.25, 0.3) is 0 Å². The Hall–Kier alpha value is -1.88. The average molecular weight is 262 g/mol. The summed E-state index contributed by atoms with van der Waals surface area (Å²) in [7, 11) is 0. The SMILES string of the molecule is CC1(C)C(=O)NCCN1Cc1ccccc1C(=O)O. The summed E-state index contributed by atoms with van der Waals surface area (Å²) >= 11 is 0. The Labute approximate surface area is 112 Å². The topological polar surface area (TPSA) is 69.6 Å². The number of benzene rings is 1. The molecule has 0 unspecified atom stereocenters. The second-order valence-electron chi connectivity index (χ2n) is 5.20. The van der Waals surface area contributed by atoms with Gasteiger partial charge >= 0.3 is 5.97 Å². The maximum Gasteiger partial charge on any atom is 0.336 e. The molecule has 1 amide bonds. The van der Waals surface area contributed by atoms with Crippen molar-refractivity contribution in [3.8, 4) is 0 Å². The summed E-state index contributed by atoms with van der Waals surface area (Å²) in [4.78, 5) is 25.1. The molecular weight excluding hydrogens is 244 g/mol. The van der Waals surface area contributed by atoms with Crippen molar-refractivity contribution in [3.05, 3.63) is 35.4 Å². The molecule has 1 aromatic carbocycles. The molecule has 2 rings (SSSR count). The highest BCUT2D eigenvalue weighted by Gasteiger charge is 2.37. The van der Waals surface area contributed by atoms with Crippen molar-refractivity contribution in [2.24, 2.45) is 0 Å². The molecule has 102 valence electrons. The van der Waals surface area contributed by atoms with Crippen LogP contribution in [0.5, 0.6) is 0 Å².